The molecule has 0 aliphatic carbocycles. The fraction of sp³-hybridized carbons (Fsp3) is 0.143. The van der Waals surface area contributed by atoms with E-state index in [2.05, 4.69) is 31.9 Å². The predicted molar refractivity (Wildman–Crippen MR) is 48.0 cm³/mol. The lowest BCUT2D eigenvalue weighted by Gasteiger charge is -2.01. The highest BCUT2D eigenvalue weighted by atomic mass is 79.9. The van der Waals surface area contributed by atoms with Gasteiger partial charge >= 0.3 is 0 Å². The van der Waals surface area contributed by atoms with Gasteiger partial charge in [0.1, 0.15) is 5.01 Å². The number of benzene rings is 1. The molecule has 0 radical (unpaired) electrons. The Labute approximate surface area is 76.3 Å². The monoisotopic (exact) mass is 264 g/mol. The van der Waals surface area contributed by atoms with E-state index in [1.165, 1.54) is 0 Å². The Morgan fingerprint density at radius 1 is 1.40 bits per heavy atom. The van der Waals surface area contributed by atoms with E-state index in [1.54, 1.807) is 0 Å². The Hall–Kier alpha value is 0.140. The van der Waals surface area contributed by atoms with Crippen LogP contribution in [0.5, 0.6) is 0 Å². The summed E-state index contributed by atoms with van der Waals surface area (Å²) in [7, 11) is 0. The second-order valence-corrected chi connectivity index (χ2v) is 3.67. The maximum Gasteiger partial charge on any atom is 0.134 e. The molecule has 54 valence electrons. The average Bonchev–Trinajstić information content (AvgIpc) is 1.88. The van der Waals surface area contributed by atoms with E-state index in [1.807, 2.05) is 24.3 Å². The summed E-state index contributed by atoms with van der Waals surface area (Å²) in [6.07, 6.45) is 0. The van der Waals surface area contributed by atoms with Crippen molar-refractivity contribution in [2.45, 2.75) is 5.01 Å². The van der Waals surface area contributed by atoms with Crippen molar-refractivity contribution in [2.75, 3.05) is 0 Å². The van der Waals surface area contributed by atoms with Gasteiger partial charge in [0.25, 0.3) is 0 Å². The fourth-order valence-corrected chi connectivity index (χ4v) is 1.36. The van der Waals surface area contributed by atoms with Gasteiger partial charge in [-0.05, 0) is 17.7 Å². The third-order valence-corrected chi connectivity index (χ3v) is 2.15. The molecule has 0 amide bonds. The summed E-state index contributed by atoms with van der Waals surface area (Å²) in [6, 6.07) is 7.51. The van der Waals surface area contributed by atoms with E-state index in [0.29, 0.717) is 0 Å². The molecule has 1 nitrogen and oxygen atoms in total. The van der Waals surface area contributed by atoms with Gasteiger partial charge in [-0.2, -0.15) is 0 Å². The minimum Gasteiger partial charge on any atom is -0.377 e. The van der Waals surface area contributed by atoms with Crippen LogP contribution in [0.4, 0.5) is 0 Å². The molecule has 1 rings (SSSR count). The van der Waals surface area contributed by atoms with Gasteiger partial charge in [-0.15, -0.1) is 0 Å². The van der Waals surface area contributed by atoms with Gasteiger partial charge in [-0.25, -0.2) is 0 Å². The molecule has 1 unspecified atom stereocenters. The van der Waals surface area contributed by atoms with Crippen molar-refractivity contribution in [2.24, 2.45) is 0 Å². The van der Waals surface area contributed by atoms with Crippen molar-refractivity contribution in [3.05, 3.63) is 34.3 Å². The molecule has 0 aliphatic rings. The van der Waals surface area contributed by atoms with Gasteiger partial charge in [-0.1, -0.05) is 44.0 Å². The molecule has 0 fully saturated rings. The van der Waals surface area contributed by atoms with Crippen LogP contribution >= 0.6 is 31.9 Å². The number of alkyl halides is 1. The Morgan fingerprint density at radius 2 is 2.10 bits per heavy atom. The van der Waals surface area contributed by atoms with Crippen LogP contribution in [0, 0.1) is 0 Å². The van der Waals surface area contributed by atoms with Gasteiger partial charge in [0.05, 0.1) is 0 Å². The zero-order valence-electron chi connectivity index (χ0n) is 5.09. The van der Waals surface area contributed by atoms with Gasteiger partial charge in [0, 0.05) is 4.47 Å². The molecule has 1 aromatic rings. The summed E-state index contributed by atoms with van der Waals surface area (Å²) in [4.78, 5) is 0. The van der Waals surface area contributed by atoms with Crippen LogP contribution in [-0.2, 0) is 0 Å². The second kappa shape index (κ2) is 3.51. The minimum atomic E-state index is -0.565. The number of aliphatic hydroxyl groups excluding tert-OH is 1. The van der Waals surface area contributed by atoms with E-state index < -0.39 is 5.01 Å². The topological polar surface area (TPSA) is 20.2 Å². The Morgan fingerprint density at radius 3 is 2.50 bits per heavy atom. The van der Waals surface area contributed by atoms with Crippen molar-refractivity contribution >= 4 is 31.9 Å². The summed E-state index contributed by atoms with van der Waals surface area (Å²) in [5, 5.41) is 8.48. The third kappa shape index (κ3) is 2.08. The molecule has 1 aromatic carbocycles. The molecule has 0 saturated carbocycles. The van der Waals surface area contributed by atoms with E-state index in [9.17, 15) is 0 Å². The zero-order chi connectivity index (χ0) is 7.56. The van der Waals surface area contributed by atoms with Crippen LogP contribution in [0.25, 0.3) is 0 Å². The number of halogens is 2. The molecular weight excluding hydrogens is 260 g/mol. The lowest BCUT2D eigenvalue weighted by molar-refractivity contribution is 0.277. The van der Waals surface area contributed by atoms with Crippen molar-refractivity contribution in [1.29, 1.82) is 0 Å². The van der Waals surface area contributed by atoms with E-state index in [-0.39, 0.29) is 0 Å². The predicted octanol–water partition coefficient (Wildman–Crippen LogP) is 2.83. The molecular formula is C7H6Br2O. The first kappa shape index (κ1) is 8.24. The molecule has 0 heterocycles. The summed E-state index contributed by atoms with van der Waals surface area (Å²) in [5.74, 6) is 0. The molecule has 0 aliphatic heterocycles. The summed E-state index contributed by atoms with van der Waals surface area (Å²) < 4.78 is 0.975. The SMILES string of the molecule is OC(Br)c1cccc(Br)c1. The quantitative estimate of drug-likeness (QED) is 0.775. The first-order valence-electron chi connectivity index (χ1n) is 2.78. The molecule has 1 N–H and O–H groups in total. The fourth-order valence-electron chi connectivity index (χ4n) is 0.655. The zero-order valence-corrected chi connectivity index (χ0v) is 8.26. The third-order valence-electron chi connectivity index (χ3n) is 1.12. The van der Waals surface area contributed by atoms with Crippen LogP contribution in [0.2, 0.25) is 0 Å². The van der Waals surface area contributed by atoms with Gasteiger partial charge < -0.3 is 5.11 Å². The number of hydrogen-bond donors (Lipinski definition) is 1. The highest BCUT2D eigenvalue weighted by Crippen LogP contribution is 2.21. The summed E-state index contributed by atoms with van der Waals surface area (Å²) >= 11 is 6.35. The lowest BCUT2D eigenvalue weighted by Crippen LogP contribution is -1.85. The molecule has 0 saturated heterocycles. The smallest absolute Gasteiger partial charge is 0.134 e. The van der Waals surface area contributed by atoms with Crippen molar-refractivity contribution < 1.29 is 5.11 Å². The first-order chi connectivity index (χ1) is 4.70. The Balaban J connectivity index is 2.96. The summed E-state index contributed by atoms with van der Waals surface area (Å²) in [5.41, 5.74) is 0.856. The van der Waals surface area contributed by atoms with Crippen molar-refractivity contribution in [1.82, 2.24) is 0 Å². The van der Waals surface area contributed by atoms with Crippen LogP contribution in [0.15, 0.2) is 28.7 Å². The van der Waals surface area contributed by atoms with Crippen LogP contribution in [0.3, 0.4) is 0 Å². The van der Waals surface area contributed by atoms with E-state index in [4.69, 9.17) is 5.11 Å². The molecule has 0 spiro atoms. The standard InChI is InChI=1S/C7H6Br2O/c8-6-3-1-2-5(4-6)7(9)10/h1-4,7,10H. The molecule has 3 heteroatoms. The average molecular weight is 266 g/mol. The van der Waals surface area contributed by atoms with Crippen LogP contribution in [-0.4, -0.2) is 5.11 Å². The molecule has 1 atom stereocenters. The number of hydrogen-bond acceptors (Lipinski definition) is 1. The number of rotatable bonds is 1. The van der Waals surface area contributed by atoms with E-state index in [0.717, 1.165) is 10.0 Å². The molecule has 0 aromatic heterocycles. The van der Waals surface area contributed by atoms with Crippen molar-refractivity contribution in [3.63, 3.8) is 0 Å². The second-order valence-electron chi connectivity index (χ2n) is 1.89. The normalized spacial score (nSPS) is 13.1. The van der Waals surface area contributed by atoms with Crippen LogP contribution < -0.4 is 0 Å². The molecule has 10 heavy (non-hydrogen) atoms. The maximum absolute atomic E-state index is 9.04. The lowest BCUT2D eigenvalue weighted by atomic mass is 10.2. The molecule has 0 bridgehead atoms. The Kier molecular flexibility index (Phi) is 2.89. The highest BCUT2D eigenvalue weighted by molar-refractivity contribution is 9.10. The highest BCUT2D eigenvalue weighted by Gasteiger charge is 2.00. The van der Waals surface area contributed by atoms with Crippen molar-refractivity contribution in [3.8, 4) is 0 Å². The van der Waals surface area contributed by atoms with Gasteiger partial charge in [0.15, 0.2) is 0 Å². The Bertz CT molecular complexity index is 223. The van der Waals surface area contributed by atoms with E-state index >= 15 is 0 Å². The first-order valence-corrected chi connectivity index (χ1v) is 4.48. The van der Waals surface area contributed by atoms with Gasteiger partial charge in [0.2, 0.25) is 0 Å². The van der Waals surface area contributed by atoms with Gasteiger partial charge in [-0.3, -0.25) is 0 Å². The summed E-state index contributed by atoms with van der Waals surface area (Å²) in [6.45, 7) is 0. The minimum absolute atomic E-state index is 0.565. The number of aliphatic hydroxyl groups is 1. The van der Waals surface area contributed by atoms with Crippen LogP contribution in [0.1, 0.15) is 10.6 Å². The largest absolute Gasteiger partial charge is 0.377 e. The maximum atomic E-state index is 9.04.